The maximum atomic E-state index is 5.25. The van der Waals surface area contributed by atoms with Crippen molar-refractivity contribution in [3.05, 3.63) is 200 Å². The van der Waals surface area contributed by atoms with Gasteiger partial charge in [0.25, 0.3) is 0 Å². The van der Waals surface area contributed by atoms with E-state index in [1.807, 2.05) is 12.1 Å². The summed E-state index contributed by atoms with van der Waals surface area (Å²) >= 11 is 0. The summed E-state index contributed by atoms with van der Waals surface area (Å²) in [5.74, 6) is 0.702. The first kappa shape index (κ1) is 31.2. The fourth-order valence-corrected chi connectivity index (χ4v) is 8.35. The van der Waals surface area contributed by atoms with Crippen molar-refractivity contribution in [2.24, 2.45) is 0 Å². The molecule has 0 saturated heterocycles. The van der Waals surface area contributed by atoms with E-state index in [0.29, 0.717) is 5.82 Å². The van der Waals surface area contributed by atoms with Crippen molar-refractivity contribution < 1.29 is 0 Å². The minimum atomic E-state index is 0.702. The van der Waals surface area contributed by atoms with E-state index in [0.717, 1.165) is 38.9 Å². The Labute approximate surface area is 318 Å². The number of benzene rings is 9. The highest BCUT2D eigenvalue weighted by Gasteiger charge is 2.20. The zero-order valence-electron chi connectivity index (χ0n) is 29.9. The molecule has 0 atom stereocenters. The second-order valence-electron chi connectivity index (χ2n) is 14.2. The van der Waals surface area contributed by atoms with E-state index in [-0.39, 0.29) is 0 Å². The lowest BCUT2D eigenvalue weighted by Crippen LogP contribution is -1.98. The second-order valence-corrected chi connectivity index (χ2v) is 14.2. The van der Waals surface area contributed by atoms with Gasteiger partial charge in [0.15, 0.2) is 5.82 Å². The summed E-state index contributed by atoms with van der Waals surface area (Å²) in [6.07, 6.45) is 0. The molecule has 0 saturated carbocycles. The molecule has 0 spiro atoms. The van der Waals surface area contributed by atoms with Gasteiger partial charge < -0.3 is 4.57 Å². The Morgan fingerprint density at radius 3 is 1.76 bits per heavy atom. The molecule has 0 amide bonds. The van der Waals surface area contributed by atoms with Crippen molar-refractivity contribution in [2.45, 2.75) is 0 Å². The molecule has 2 heterocycles. The van der Waals surface area contributed by atoms with Crippen molar-refractivity contribution in [3.63, 3.8) is 0 Å². The van der Waals surface area contributed by atoms with Gasteiger partial charge in [-0.1, -0.05) is 158 Å². The maximum absolute atomic E-state index is 5.25. The topological polar surface area (TPSA) is 30.7 Å². The summed E-state index contributed by atoms with van der Waals surface area (Å²) in [5.41, 5.74) is 12.1. The zero-order chi connectivity index (χ0) is 36.3. The standard InChI is InChI=1S/C52H33N3/c1-4-15-34(16-5-1)40-31-45(35-17-6-2-7-18-35)42-27-28-43-46-30-37-21-10-11-22-38(37)33-49(46)55(51(43)47(42)32-40)41-24-14-23-39(29-41)52-53-48-26-13-12-25-44(48)50(54-52)36-19-8-3-9-20-36/h1-33H. The molecule has 9 aromatic carbocycles. The molecule has 11 rings (SSSR count). The van der Waals surface area contributed by atoms with E-state index in [4.69, 9.17) is 9.97 Å². The van der Waals surface area contributed by atoms with Gasteiger partial charge in [-0.25, -0.2) is 9.97 Å². The molecule has 0 fully saturated rings. The Morgan fingerprint density at radius 2 is 0.982 bits per heavy atom. The smallest absolute Gasteiger partial charge is 0.160 e. The first-order valence-electron chi connectivity index (χ1n) is 18.7. The largest absolute Gasteiger partial charge is 0.309 e. The fourth-order valence-electron chi connectivity index (χ4n) is 8.35. The van der Waals surface area contributed by atoms with Crippen molar-refractivity contribution >= 4 is 54.3 Å². The Morgan fingerprint density at radius 1 is 0.345 bits per heavy atom. The molecular weight excluding hydrogens is 667 g/mol. The van der Waals surface area contributed by atoms with Crippen molar-refractivity contribution in [1.82, 2.24) is 14.5 Å². The van der Waals surface area contributed by atoms with Crippen LogP contribution in [0, 0.1) is 0 Å². The summed E-state index contributed by atoms with van der Waals surface area (Å²) in [5, 5.41) is 8.34. The van der Waals surface area contributed by atoms with Crippen LogP contribution in [-0.4, -0.2) is 14.5 Å². The Hall–Kier alpha value is -7.36. The van der Waals surface area contributed by atoms with Gasteiger partial charge in [0.2, 0.25) is 0 Å². The van der Waals surface area contributed by atoms with Crippen LogP contribution in [0.5, 0.6) is 0 Å². The SMILES string of the molecule is c1ccc(-c2cc(-c3ccccc3)c3ccc4c5cc6ccccc6cc5n(-c5cccc(-c6nc(-c7ccccc7)c7ccccc7n6)c5)c4c3c2)cc1. The number of aromatic nitrogens is 3. The summed E-state index contributed by atoms with van der Waals surface area (Å²) in [4.78, 5) is 10.4. The van der Waals surface area contributed by atoms with Crippen molar-refractivity contribution in [2.75, 3.05) is 0 Å². The Balaban J connectivity index is 1.23. The monoisotopic (exact) mass is 699 g/mol. The van der Waals surface area contributed by atoms with Crippen LogP contribution in [0.4, 0.5) is 0 Å². The van der Waals surface area contributed by atoms with E-state index < -0.39 is 0 Å². The highest BCUT2D eigenvalue weighted by Crippen LogP contribution is 2.43. The maximum Gasteiger partial charge on any atom is 0.160 e. The highest BCUT2D eigenvalue weighted by molar-refractivity contribution is 6.23. The van der Waals surface area contributed by atoms with E-state index in [2.05, 4.69) is 193 Å². The minimum absolute atomic E-state index is 0.702. The number of rotatable bonds is 5. The van der Waals surface area contributed by atoms with Gasteiger partial charge in [-0.2, -0.15) is 0 Å². The normalized spacial score (nSPS) is 11.6. The van der Waals surface area contributed by atoms with Crippen molar-refractivity contribution in [1.29, 1.82) is 0 Å². The number of hydrogen-bond donors (Lipinski definition) is 0. The number of fused-ring (bicyclic) bond motifs is 7. The lowest BCUT2D eigenvalue weighted by molar-refractivity contribution is 1.18. The summed E-state index contributed by atoms with van der Waals surface area (Å²) in [6, 6.07) is 71.7. The minimum Gasteiger partial charge on any atom is -0.309 e. The van der Waals surface area contributed by atoms with Crippen LogP contribution >= 0.6 is 0 Å². The van der Waals surface area contributed by atoms with Crippen LogP contribution in [0.3, 0.4) is 0 Å². The molecule has 0 radical (unpaired) electrons. The second kappa shape index (κ2) is 12.6. The van der Waals surface area contributed by atoms with E-state index in [9.17, 15) is 0 Å². The Bertz CT molecular complexity index is 3240. The lowest BCUT2D eigenvalue weighted by atomic mass is 9.92. The molecule has 0 bridgehead atoms. The first-order valence-corrected chi connectivity index (χ1v) is 18.7. The molecule has 2 aromatic heterocycles. The third-order valence-electron chi connectivity index (χ3n) is 10.9. The van der Waals surface area contributed by atoms with Gasteiger partial charge in [0, 0.05) is 38.4 Å². The molecule has 0 unspecified atom stereocenters. The van der Waals surface area contributed by atoms with Crippen LogP contribution in [0.25, 0.3) is 105 Å². The van der Waals surface area contributed by atoms with Crippen LogP contribution < -0.4 is 0 Å². The zero-order valence-corrected chi connectivity index (χ0v) is 29.9. The Kier molecular flexibility index (Phi) is 7.17. The lowest BCUT2D eigenvalue weighted by Gasteiger charge is -2.15. The van der Waals surface area contributed by atoms with Crippen molar-refractivity contribution in [3.8, 4) is 50.6 Å². The molecule has 3 heteroatoms. The first-order chi connectivity index (χ1) is 27.3. The molecule has 0 aliphatic rings. The van der Waals surface area contributed by atoms with E-state index >= 15 is 0 Å². The average molecular weight is 700 g/mol. The predicted octanol–water partition coefficient (Wildman–Crippen LogP) is 13.7. The summed E-state index contributed by atoms with van der Waals surface area (Å²) < 4.78 is 2.46. The fraction of sp³-hybridized carbons (Fsp3) is 0. The highest BCUT2D eigenvalue weighted by atomic mass is 15.0. The molecule has 55 heavy (non-hydrogen) atoms. The summed E-state index contributed by atoms with van der Waals surface area (Å²) in [7, 11) is 0. The van der Waals surface area contributed by atoms with Gasteiger partial charge in [-0.15, -0.1) is 0 Å². The van der Waals surface area contributed by atoms with Gasteiger partial charge in [0.1, 0.15) is 0 Å². The van der Waals surface area contributed by atoms with E-state index in [1.54, 1.807) is 0 Å². The van der Waals surface area contributed by atoms with Crippen LogP contribution in [-0.2, 0) is 0 Å². The van der Waals surface area contributed by atoms with Crippen LogP contribution in [0.2, 0.25) is 0 Å². The third-order valence-corrected chi connectivity index (χ3v) is 10.9. The number of hydrogen-bond acceptors (Lipinski definition) is 2. The van der Waals surface area contributed by atoms with Gasteiger partial charge in [0.05, 0.1) is 22.2 Å². The molecular formula is C52H33N3. The molecule has 3 nitrogen and oxygen atoms in total. The van der Waals surface area contributed by atoms with Gasteiger partial charge >= 0.3 is 0 Å². The molecule has 256 valence electrons. The third kappa shape index (κ3) is 5.20. The van der Waals surface area contributed by atoms with Gasteiger partial charge in [-0.05, 0) is 80.9 Å². The quantitative estimate of drug-likeness (QED) is 0.179. The molecule has 0 aliphatic heterocycles. The number of para-hydroxylation sites is 1. The molecule has 0 N–H and O–H groups in total. The average Bonchev–Trinajstić information content (AvgIpc) is 3.59. The van der Waals surface area contributed by atoms with E-state index in [1.165, 1.54) is 60.1 Å². The van der Waals surface area contributed by atoms with Gasteiger partial charge in [-0.3, -0.25) is 0 Å². The summed E-state index contributed by atoms with van der Waals surface area (Å²) in [6.45, 7) is 0. The van der Waals surface area contributed by atoms with Crippen LogP contribution in [0.15, 0.2) is 200 Å². The number of nitrogens with zero attached hydrogens (tertiary/aromatic N) is 3. The predicted molar refractivity (Wildman–Crippen MR) is 231 cm³/mol. The molecule has 0 aliphatic carbocycles. The molecule has 11 aromatic rings. The van der Waals surface area contributed by atoms with Crippen LogP contribution in [0.1, 0.15) is 0 Å².